The summed E-state index contributed by atoms with van der Waals surface area (Å²) in [5, 5.41) is 0. The molecule has 0 saturated carbocycles. The van der Waals surface area contributed by atoms with Crippen LogP contribution in [0.5, 0.6) is 0 Å². The summed E-state index contributed by atoms with van der Waals surface area (Å²) in [6, 6.07) is 29.4. The summed E-state index contributed by atoms with van der Waals surface area (Å²) in [4.78, 5) is 23.7. The van der Waals surface area contributed by atoms with Gasteiger partial charge >= 0.3 is 5.97 Å². The normalized spacial score (nSPS) is 22.2. The molecule has 0 N–H and O–H groups in total. The second-order valence-corrected chi connectivity index (χ2v) is 9.95. The Bertz CT molecular complexity index is 1190. The molecular formula is C33H38O8. The van der Waals surface area contributed by atoms with Crippen LogP contribution in [0.3, 0.4) is 0 Å². The lowest BCUT2D eigenvalue weighted by Crippen LogP contribution is -2.61. The van der Waals surface area contributed by atoms with Crippen molar-refractivity contribution in [3.8, 4) is 0 Å². The Hall–Kier alpha value is -3.40. The van der Waals surface area contributed by atoms with Crippen LogP contribution in [-0.4, -0.2) is 56.2 Å². The topological polar surface area (TPSA) is 89.5 Å². The molecule has 218 valence electrons. The van der Waals surface area contributed by atoms with E-state index in [1.807, 2.05) is 91.0 Å². The molecule has 0 unspecified atom stereocenters. The van der Waals surface area contributed by atoms with E-state index in [0.717, 1.165) is 16.7 Å². The smallest absolute Gasteiger partial charge is 0.306 e. The number of ether oxygens (including phenoxy) is 6. The van der Waals surface area contributed by atoms with Crippen molar-refractivity contribution in [1.29, 1.82) is 0 Å². The molecule has 3 aromatic rings. The standard InChI is InChI=1S/C33H38O8/c1-24(34)18-19-29(35)37-23-28-30(38-20-25-12-6-3-7-13-25)31(39-21-26-14-8-4-9-15-26)32(33(36-2)41-28)40-22-27-16-10-5-11-17-27/h3-17,28,30-33H,18-23H2,1-2H3/t28-,30-,31+,32-,33+/m1/s1. The number of rotatable bonds is 15. The number of carbonyl (C=O) groups is 2. The molecule has 0 amide bonds. The number of Topliss-reactive ketones (excluding diaryl/α,β-unsaturated/α-hetero) is 1. The van der Waals surface area contributed by atoms with Crippen LogP contribution in [0.25, 0.3) is 0 Å². The van der Waals surface area contributed by atoms with Crippen LogP contribution in [0.15, 0.2) is 91.0 Å². The fourth-order valence-corrected chi connectivity index (χ4v) is 4.59. The van der Waals surface area contributed by atoms with Crippen molar-refractivity contribution >= 4 is 11.8 Å². The van der Waals surface area contributed by atoms with E-state index in [9.17, 15) is 9.59 Å². The summed E-state index contributed by atoms with van der Waals surface area (Å²) in [6.07, 6.45) is -3.32. The van der Waals surface area contributed by atoms with Gasteiger partial charge in [0.05, 0.1) is 26.2 Å². The van der Waals surface area contributed by atoms with Gasteiger partial charge in [-0.05, 0) is 23.6 Å². The minimum Gasteiger partial charge on any atom is -0.463 e. The SMILES string of the molecule is CO[C@H]1O[C@H](COC(=O)CCC(C)=O)[C@@H](OCc2ccccc2)[C@H](OCc2ccccc2)[C@H]1OCc1ccccc1. The summed E-state index contributed by atoms with van der Waals surface area (Å²) in [5.41, 5.74) is 2.96. The highest BCUT2D eigenvalue weighted by atomic mass is 16.7. The number of methoxy groups -OCH3 is 1. The first-order valence-electron chi connectivity index (χ1n) is 13.8. The molecule has 3 aromatic carbocycles. The maximum absolute atomic E-state index is 12.4. The summed E-state index contributed by atoms with van der Waals surface area (Å²) in [7, 11) is 1.54. The molecule has 1 saturated heterocycles. The fraction of sp³-hybridized carbons (Fsp3) is 0.394. The van der Waals surface area contributed by atoms with Crippen molar-refractivity contribution in [1.82, 2.24) is 0 Å². The second-order valence-electron chi connectivity index (χ2n) is 9.95. The van der Waals surface area contributed by atoms with Gasteiger partial charge in [0.25, 0.3) is 0 Å². The van der Waals surface area contributed by atoms with Gasteiger partial charge in [-0.1, -0.05) is 91.0 Å². The van der Waals surface area contributed by atoms with Gasteiger partial charge in [-0.15, -0.1) is 0 Å². The van der Waals surface area contributed by atoms with Gasteiger partial charge in [0.1, 0.15) is 36.8 Å². The van der Waals surface area contributed by atoms with E-state index >= 15 is 0 Å². The molecule has 1 aliphatic heterocycles. The zero-order valence-electron chi connectivity index (χ0n) is 23.6. The van der Waals surface area contributed by atoms with Crippen molar-refractivity contribution in [3.05, 3.63) is 108 Å². The van der Waals surface area contributed by atoms with Crippen LogP contribution in [-0.2, 0) is 57.8 Å². The Kier molecular flexibility index (Phi) is 12.0. The van der Waals surface area contributed by atoms with E-state index in [0.29, 0.717) is 13.2 Å². The molecule has 5 atom stereocenters. The highest BCUT2D eigenvalue weighted by Gasteiger charge is 2.49. The Labute approximate surface area is 241 Å². The van der Waals surface area contributed by atoms with Crippen LogP contribution in [0.1, 0.15) is 36.5 Å². The number of hydrogen-bond donors (Lipinski definition) is 0. The van der Waals surface area contributed by atoms with E-state index in [1.54, 1.807) is 7.11 Å². The third-order valence-electron chi connectivity index (χ3n) is 6.77. The van der Waals surface area contributed by atoms with Crippen LogP contribution in [0.4, 0.5) is 0 Å². The predicted octanol–water partition coefficient (Wildman–Crippen LogP) is 5.03. The fourth-order valence-electron chi connectivity index (χ4n) is 4.59. The lowest BCUT2D eigenvalue weighted by atomic mass is 9.97. The molecule has 41 heavy (non-hydrogen) atoms. The molecule has 8 nitrogen and oxygen atoms in total. The molecule has 0 aliphatic carbocycles. The molecule has 1 fully saturated rings. The van der Waals surface area contributed by atoms with Gasteiger partial charge in [-0.2, -0.15) is 0 Å². The van der Waals surface area contributed by atoms with Crippen LogP contribution in [0, 0.1) is 0 Å². The maximum atomic E-state index is 12.4. The molecule has 4 rings (SSSR count). The van der Waals surface area contributed by atoms with Gasteiger partial charge in [0, 0.05) is 13.5 Å². The maximum Gasteiger partial charge on any atom is 0.306 e. The second kappa shape index (κ2) is 16.1. The average molecular weight is 563 g/mol. The minimum atomic E-state index is -0.808. The highest BCUT2D eigenvalue weighted by molar-refractivity contribution is 5.80. The van der Waals surface area contributed by atoms with Crippen molar-refractivity contribution < 1.29 is 38.0 Å². The summed E-state index contributed by atoms with van der Waals surface area (Å²) in [6.45, 7) is 2.27. The summed E-state index contributed by atoms with van der Waals surface area (Å²) < 4.78 is 36.9. The van der Waals surface area contributed by atoms with Crippen molar-refractivity contribution in [2.24, 2.45) is 0 Å². The van der Waals surface area contributed by atoms with E-state index in [1.165, 1.54) is 6.92 Å². The Morgan fingerprint density at radius 1 is 0.659 bits per heavy atom. The zero-order chi connectivity index (χ0) is 28.9. The van der Waals surface area contributed by atoms with Crippen molar-refractivity contribution in [2.75, 3.05) is 13.7 Å². The third kappa shape index (κ3) is 9.59. The lowest BCUT2D eigenvalue weighted by molar-refractivity contribution is -0.322. The third-order valence-corrected chi connectivity index (χ3v) is 6.77. The van der Waals surface area contributed by atoms with Crippen molar-refractivity contribution in [2.45, 2.75) is 70.3 Å². The Morgan fingerprint density at radius 3 is 1.59 bits per heavy atom. The quantitative estimate of drug-likeness (QED) is 0.239. The minimum absolute atomic E-state index is 0.00203. The van der Waals surface area contributed by atoms with Crippen LogP contribution < -0.4 is 0 Å². The molecule has 1 aliphatic rings. The first-order chi connectivity index (χ1) is 20.0. The molecule has 0 radical (unpaired) electrons. The van der Waals surface area contributed by atoms with E-state index in [4.69, 9.17) is 28.4 Å². The van der Waals surface area contributed by atoms with E-state index in [-0.39, 0.29) is 31.8 Å². The number of hydrogen-bond acceptors (Lipinski definition) is 8. The molecule has 0 aromatic heterocycles. The highest BCUT2D eigenvalue weighted by Crippen LogP contribution is 2.31. The van der Waals surface area contributed by atoms with Crippen LogP contribution in [0.2, 0.25) is 0 Å². The average Bonchev–Trinajstić information content (AvgIpc) is 3.01. The monoisotopic (exact) mass is 562 g/mol. The molecular weight excluding hydrogens is 524 g/mol. The van der Waals surface area contributed by atoms with E-state index in [2.05, 4.69) is 0 Å². The molecule has 8 heteroatoms. The molecule has 1 heterocycles. The number of ketones is 1. The van der Waals surface area contributed by atoms with Gasteiger partial charge in [0.2, 0.25) is 0 Å². The first kappa shape index (κ1) is 30.6. The summed E-state index contributed by atoms with van der Waals surface area (Å²) in [5.74, 6) is -0.559. The lowest BCUT2D eigenvalue weighted by Gasteiger charge is -2.45. The van der Waals surface area contributed by atoms with Gasteiger partial charge in [0.15, 0.2) is 6.29 Å². The zero-order valence-corrected chi connectivity index (χ0v) is 23.6. The van der Waals surface area contributed by atoms with Gasteiger partial charge in [-0.25, -0.2) is 0 Å². The van der Waals surface area contributed by atoms with E-state index < -0.39 is 36.7 Å². The number of esters is 1. The van der Waals surface area contributed by atoms with Crippen LogP contribution >= 0.6 is 0 Å². The van der Waals surface area contributed by atoms with Crippen molar-refractivity contribution in [3.63, 3.8) is 0 Å². The van der Waals surface area contributed by atoms with Gasteiger partial charge < -0.3 is 33.2 Å². The Morgan fingerprint density at radius 2 is 1.12 bits per heavy atom. The van der Waals surface area contributed by atoms with Gasteiger partial charge in [-0.3, -0.25) is 4.79 Å². The predicted molar refractivity (Wildman–Crippen MR) is 152 cm³/mol. The number of carbonyl (C=O) groups excluding carboxylic acids is 2. The summed E-state index contributed by atoms with van der Waals surface area (Å²) >= 11 is 0. The molecule has 0 spiro atoms. The molecule has 0 bridgehead atoms. The number of benzene rings is 3. The first-order valence-corrected chi connectivity index (χ1v) is 13.8. The largest absolute Gasteiger partial charge is 0.463 e. The Balaban J connectivity index is 1.58.